The van der Waals surface area contributed by atoms with Crippen LogP contribution in [0.15, 0.2) is 11.6 Å². The number of hydrogen-bond acceptors (Lipinski definition) is 5. The van der Waals surface area contributed by atoms with Crippen LogP contribution in [0.25, 0.3) is 0 Å². The first-order chi connectivity index (χ1) is 8.50. The predicted octanol–water partition coefficient (Wildman–Crippen LogP) is 3.35. The van der Waals surface area contributed by atoms with Crippen molar-refractivity contribution in [2.75, 3.05) is 20.1 Å². The zero-order valence-corrected chi connectivity index (χ0v) is 16.4. The third kappa shape index (κ3) is 10.4. The summed E-state index contributed by atoms with van der Waals surface area (Å²) in [5.74, 6) is 0.768. The first kappa shape index (κ1) is 26.0. The number of nitrogens with zero attached hydrogens (tertiary/aromatic N) is 2. The monoisotopic (exact) mass is 388 g/mol. The predicted molar refractivity (Wildman–Crippen MR) is 86.2 cm³/mol. The normalized spacial score (nSPS) is 14.4. The molecule has 6 heteroatoms. The molecular formula is C15H27N2O2SY-. The summed E-state index contributed by atoms with van der Waals surface area (Å²) in [5.41, 5.74) is 0. The number of likely N-dealkylation sites (tertiary alicyclic amines) is 1. The Bertz CT molecular complexity index is 388. The molecule has 0 aromatic carbocycles. The molecule has 1 aromatic rings. The minimum atomic E-state index is 0. The summed E-state index contributed by atoms with van der Waals surface area (Å²) < 4.78 is 0. The van der Waals surface area contributed by atoms with Gasteiger partial charge in [-0.3, -0.25) is 9.59 Å². The van der Waals surface area contributed by atoms with Crippen LogP contribution in [-0.4, -0.2) is 41.6 Å². The van der Waals surface area contributed by atoms with Gasteiger partial charge in [0.1, 0.15) is 5.78 Å². The van der Waals surface area contributed by atoms with Crippen molar-refractivity contribution in [2.45, 2.75) is 34.1 Å². The van der Waals surface area contributed by atoms with Crippen LogP contribution in [0.3, 0.4) is 0 Å². The number of rotatable bonds is 2. The largest absolute Gasteiger partial charge is 0.358 e. The summed E-state index contributed by atoms with van der Waals surface area (Å²) >= 11 is 1.37. The van der Waals surface area contributed by atoms with Gasteiger partial charge in [0.15, 0.2) is 10.8 Å². The maximum Gasteiger partial charge on any atom is 0.188 e. The van der Waals surface area contributed by atoms with Crippen molar-refractivity contribution in [3.63, 3.8) is 0 Å². The summed E-state index contributed by atoms with van der Waals surface area (Å²) in [6.45, 7) is 5.39. The van der Waals surface area contributed by atoms with E-state index in [4.69, 9.17) is 0 Å². The molecule has 0 bridgehead atoms. The number of ketones is 2. The van der Waals surface area contributed by atoms with E-state index in [0.717, 1.165) is 25.9 Å². The van der Waals surface area contributed by atoms with Gasteiger partial charge in [-0.15, -0.1) is 11.3 Å². The fourth-order valence-corrected chi connectivity index (χ4v) is 2.35. The van der Waals surface area contributed by atoms with E-state index in [-0.39, 0.29) is 53.3 Å². The Kier molecular flexibility index (Phi) is 16.9. The fourth-order valence-electron chi connectivity index (χ4n) is 1.81. The summed E-state index contributed by atoms with van der Waals surface area (Å²) in [4.78, 5) is 27.4. The van der Waals surface area contributed by atoms with Gasteiger partial charge in [-0.2, -0.15) is 0 Å². The van der Waals surface area contributed by atoms with E-state index in [1.54, 1.807) is 18.5 Å². The number of aromatic nitrogens is 1. The third-order valence-corrected chi connectivity index (χ3v) is 3.90. The van der Waals surface area contributed by atoms with Gasteiger partial charge in [0.2, 0.25) is 0 Å². The molecule has 1 saturated heterocycles. The van der Waals surface area contributed by atoms with Crippen molar-refractivity contribution in [1.29, 1.82) is 0 Å². The Morgan fingerprint density at radius 1 is 1.29 bits per heavy atom. The SMILES string of the molecule is C.CC(=O)C1CCN(C)CC1.CC(=O)c1nccs1.[CH3-].[Y]. The van der Waals surface area contributed by atoms with Crippen LogP contribution in [0.2, 0.25) is 0 Å². The first-order valence-electron chi connectivity index (χ1n) is 6.10. The summed E-state index contributed by atoms with van der Waals surface area (Å²) in [7, 11) is 2.11. The molecule has 4 nitrogen and oxygen atoms in total. The van der Waals surface area contributed by atoms with E-state index in [9.17, 15) is 9.59 Å². The van der Waals surface area contributed by atoms with Crippen molar-refractivity contribution in [2.24, 2.45) is 5.92 Å². The fraction of sp³-hybridized carbons (Fsp3) is 0.600. The maximum atomic E-state index is 10.9. The van der Waals surface area contributed by atoms with E-state index in [1.807, 2.05) is 0 Å². The third-order valence-electron chi connectivity index (χ3n) is 3.03. The minimum Gasteiger partial charge on any atom is -0.358 e. The molecule has 2 heterocycles. The molecule has 119 valence electrons. The average molecular weight is 388 g/mol. The second-order valence-electron chi connectivity index (χ2n) is 4.58. The van der Waals surface area contributed by atoms with Gasteiger partial charge in [0, 0.05) is 57.1 Å². The molecule has 0 amide bonds. The van der Waals surface area contributed by atoms with E-state index in [0.29, 0.717) is 16.7 Å². The van der Waals surface area contributed by atoms with Gasteiger partial charge in [-0.25, -0.2) is 4.98 Å². The molecule has 1 aliphatic heterocycles. The molecule has 1 radical (unpaired) electrons. The number of carbonyl (C=O) groups excluding carboxylic acids is 2. The van der Waals surface area contributed by atoms with Crippen LogP contribution in [0, 0.1) is 13.3 Å². The maximum absolute atomic E-state index is 10.9. The second kappa shape index (κ2) is 13.7. The molecule has 0 unspecified atom stereocenters. The molecule has 0 atom stereocenters. The molecule has 1 aromatic heterocycles. The van der Waals surface area contributed by atoms with Crippen LogP contribution >= 0.6 is 11.3 Å². The van der Waals surface area contributed by atoms with E-state index in [1.165, 1.54) is 18.3 Å². The number of hydrogen-bond donors (Lipinski definition) is 0. The van der Waals surface area contributed by atoms with Crippen LogP contribution in [0.1, 0.15) is 43.9 Å². The van der Waals surface area contributed by atoms with Crippen molar-refractivity contribution in [3.05, 3.63) is 24.0 Å². The topological polar surface area (TPSA) is 50.3 Å². The van der Waals surface area contributed by atoms with Gasteiger partial charge in [-0.1, -0.05) is 7.43 Å². The second-order valence-corrected chi connectivity index (χ2v) is 5.48. The summed E-state index contributed by atoms with van der Waals surface area (Å²) in [5, 5.41) is 2.38. The summed E-state index contributed by atoms with van der Waals surface area (Å²) in [6, 6.07) is 0. The van der Waals surface area contributed by atoms with Gasteiger partial charge < -0.3 is 12.3 Å². The standard InChI is InChI=1S/C8H15NO.C5H5NOS.CH4.CH3.Y/c1-7(10)8-3-5-9(2)6-4-8;1-4(7)5-6-2-3-8-5;;;/h8H,3-6H2,1-2H3;2-3H,1H3;1H4;1H3;/q;;;-1;. The van der Waals surface area contributed by atoms with Gasteiger partial charge in [0.05, 0.1) is 0 Å². The van der Waals surface area contributed by atoms with Crippen molar-refractivity contribution >= 4 is 22.9 Å². The van der Waals surface area contributed by atoms with Crippen LogP contribution in [0.5, 0.6) is 0 Å². The van der Waals surface area contributed by atoms with Crippen molar-refractivity contribution < 1.29 is 42.3 Å². The zero-order valence-electron chi connectivity index (χ0n) is 12.8. The molecule has 0 saturated carbocycles. The van der Waals surface area contributed by atoms with E-state index in [2.05, 4.69) is 16.9 Å². The molecule has 2 rings (SSSR count). The van der Waals surface area contributed by atoms with Crippen LogP contribution < -0.4 is 0 Å². The Labute approximate surface area is 158 Å². The van der Waals surface area contributed by atoms with Crippen LogP contribution in [0.4, 0.5) is 0 Å². The Balaban J connectivity index is -0.000000274. The number of Topliss-reactive ketones (excluding diaryl/α,β-unsaturated/α-hetero) is 2. The molecule has 1 aliphatic rings. The molecular weight excluding hydrogens is 361 g/mol. The van der Waals surface area contributed by atoms with Crippen LogP contribution in [-0.2, 0) is 37.5 Å². The average Bonchev–Trinajstić information content (AvgIpc) is 2.84. The number of carbonyl (C=O) groups is 2. The minimum absolute atomic E-state index is 0. The van der Waals surface area contributed by atoms with Crippen molar-refractivity contribution in [1.82, 2.24) is 9.88 Å². The molecule has 1 fully saturated rings. The smallest absolute Gasteiger partial charge is 0.188 e. The van der Waals surface area contributed by atoms with E-state index >= 15 is 0 Å². The Morgan fingerprint density at radius 2 is 1.81 bits per heavy atom. The number of thiazole rings is 1. The Morgan fingerprint density at radius 3 is 2.10 bits per heavy atom. The van der Waals surface area contributed by atoms with E-state index < -0.39 is 0 Å². The molecule has 0 aliphatic carbocycles. The van der Waals surface area contributed by atoms with Gasteiger partial charge >= 0.3 is 0 Å². The van der Waals surface area contributed by atoms with Crippen molar-refractivity contribution in [3.8, 4) is 0 Å². The quantitative estimate of drug-likeness (QED) is 0.576. The molecule has 0 spiro atoms. The van der Waals surface area contributed by atoms with Gasteiger partial charge in [-0.05, 0) is 39.9 Å². The zero-order chi connectivity index (χ0) is 13.5. The molecule has 0 N–H and O–H groups in total. The summed E-state index contributed by atoms with van der Waals surface area (Å²) in [6.07, 6.45) is 3.75. The molecule has 21 heavy (non-hydrogen) atoms. The Hall–Kier alpha value is 0.0339. The number of piperidine rings is 1. The first-order valence-corrected chi connectivity index (χ1v) is 6.98. The van der Waals surface area contributed by atoms with Gasteiger partial charge in [0.25, 0.3) is 0 Å².